The van der Waals surface area contributed by atoms with Gasteiger partial charge in [0.25, 0.3) is 29.1 Å². The van der Waals surface area contributed by atoms with Crippen LogP contribution in [0.5, 0.6) is 23.0 Å². The SMILES string of the molecule is NCCCc1cccc(O)c1.O=C(NC1(Cc2ccc(F)cc2)C=C(CN(CCCc2cccc(O)c2)C(=S)Nc2ccccc2)CCC1)C(Cl)(Cl)Cl.O=C(NC1(Cc2ccc(F)cc2)C=C(CN(CCCc2cccc(OCCCN3CCCCC3)c2)C(=S)Nc2ccccc2)CCC1)C(Cl)(Cl)Cl.O=C(NC1(Cc2ccc(F)cc2)C=C(CNCCCc2cccc(O)c2)CCC1)C(Cl)(Cl)Cl. The lowest BCUT2D eigenvalue weighted by Crippen LogP contribution is -2.53. The van der Waals surface area contributed by atoms with Gasteiger partial charge in [-0.15, -0.1) is 0 Å². The van der Waals surface area contributed by atoms with E-state index < -0.39 is 45.7 Å². The highest BCUT2D eigenvalue weighted by atomic mass is 35.6. The van der Waals surface area contributed by atoms with Gasteiger partial charge in [-0.3, -0.25) is 14.4 Å². The number of rotatable bonds is 37. The number of phenols is 3. The number of anilines is 2. The summed E-state index contributed by atoms with van der Waals surface area (Å²) in [6.07, 6.45) is 26.5. The van der Waals surface area contributed by atoms with Crippen LogP contribution in [0.4, 0.5) is 24.5 Å². The Hall–Kier alpha value is -8.53. The molecule has 17 nitrogen and oxygen atoms in total. The lowest BCUT2D eigenvalue weighted by atomic mass is 9.79. The van der Waals surface area contributed by atoms with E-state index in [1.807, 2.05) is 103 Å². The largest absolute Gasteiger partial charge is 0.508 e. The lowest BCUT2D eigenvalue weighted by molar-refractivity contribution is -0.122. The highest BCUT2D eigenvalue weighted by molar-refractivity contribution is 7.80. The third kappa shape index (κ3) is 39.8. The molecule has 31 heteroatoms. The number of nitrogens with one attached hydrogen (secondary N) is 6. The van der Waals surface area contributed by atoms with Crippen LogP contribution in [-0.2, 0) is 59.3 Å². The number of nitrogens with zero attached hydrogens (tertiary/aromatic N) is 3. The van der Waals surface area contributed by atoms with E-state index >= 15 is 0 Å². The molecule has 1 aliphatic heterocycles. The molecular weight excluding hydrogens is 1970 g/mol. The second-order valence-corrected chi connectivity index (χ2v) is 42.9. The second kappa shape index (κ2) is 55.6. The molecule has 3 unspecified atom stereocenters. The number of thiocarbonyl (C=S) groups is 2. The van der Waals surface area contributed by atoms with Crippen molar-refractivity contribution in [1.82, 2.24) is 36.0 Å². The smallest absolute Gasteiger partial charge is 0.272 e. The van der Waals surface area contributed by atoms with Crippen molar-refractivity contribution in [2.24, 2.45) is 5.73 Å². The van der Waals surface area contributed by atoms with Crippen molar-refractivity contribution in [3.05, 3.63) is 322 Å². The predicted octanol–water partition coefficient (Wildman–Crippen LogP) is 23.9. The fraction of sp³-hybridized carbons (Fsp3) is 0.387. The number of hydrogen-bond acceptors (Lipinski definition) is 12. The monoisotopic (exact) mass is 2080 g/mol. The Morgan fingerprint density at radius 2 is 0.774 bits per heavy atom. The Bertz CT molecular complexity index is 5410. The number of benzene rings is 9. The van der Waals surface area contributed by atoms with Crippen molar-refractivity contribution in [2.75, 3.05) is 82.7 Å². The molecule has 734 valence electrons. The van der Waals surface area contributed by atoms with Crippen molar-refractivity contribution in [2.45, 2.75) is 182 Å². The summed E-state index contributed by atoms with van der Waals surface area (Å²) in [5, 5.41) is 48.9. The number of para-hydroxylation sites is 2. The number of nitrogens with two attached hydrogens (primary N) is 1. The maximum absolute atomic E-state index is 13.8. The fourth-order valence-electron chi connectivity index (χ4n) is 17.5. The molecule has 0 aromatic heterocycles. The van der Waals surface area contributed by atoms with Crippen molar-refractivity contribution in [3.63, 3.8) is 0 Å². The molecule has 11 N–H and O–H groups in total. The van der Waals surface area contributed by atoms with Crippen LogP contribution in [0, 0.1) is 17.5 Å². The van der Waals surface area contributed by atoms with E-state index in [4.69, 9.17) is 144 Å². The number of likely N-dealkylation sites (tertiary alicyclic amines) is 1. The highest BCUT2D eigenvalue weighted by Crippen LogP contribution is 2.39. The zero-order chi connectivity index (χ0) is 98.3. The first kappa shape index (κ1) is 110. The molecule has 137 heavy (non-hydrogen) atoms. The number of hydrogen-bond donors (Lipinski definition) is 10. The first-order valence-electron chi connectivity index (χ1n) is 46.5. The van der Waals surface area contributed by atoms with Crippen LogP contribution in [0.3, 0.4) is 0 Å². The summed E-state index contributed by atoms with van der Waals surface area (Å²) < 4.78 is 40.6. The van der Waals surface area contributed by atoms with Gasteiger partial charge in [-0.25, -0.2) is 13.2 Å². The summed E-state index contributed by atoms with van der Waals surface area (Å²) in [6.45, 7) is 8.91. The average molecular weight is 2090 g/mol. The van der Waals surface area contributed by atoms with E-state index in [1.165, 1.54) is 79.9 Å². The number of ether oxygens (including phenoxy) is 1. The molecule has 3 atom stereocenters. The van der Waals surface area contributed by atoms with Crippen molar-refractivity contribution in [1.29, 1.82) is 0 Å². The Kier molecular flexibility index (Phi) is 44.8. The third-order valence-corrected chi connectivity index (χ3v) is 26.2. The van der Waals surface area contributed by atoms with E-state index in [0.717, 1.165) is 171 Å². The van der Waals surface area contributed by atoms with Crippen LogP contribution in [-0.4, -0.2) is 158 Å². The number of halogens is 12. The lowest BCUT2D eigenvalue weighted by Gasteiger charge is -2.38. The fourth-order valence-corrected chi connectivity index (χ4v) is 18.4. The van der Waals surface area contributed by atoms with Gasteiger partial charge in [-0.2, -0.15) is 0 Å². The zero-order valence-corrected chi connectivity index (χ0v) is 85.1. The van der Waals surface area contributed by atoms with Gasteiger partial charge >= 0.3 is 0 Å². The minimum atomic E-state index is -2.12. The number of phenolic OH excluding ortho intramolecular Hbond substituents is 3. The standard InChI is InChI=1S/C40H48Cl3FN4O2S.C32H33Cl3FN3O2S.C25H28Cl3FN2O2.C9H13NO/c41-40(42,43)37(49)46-39(28-32-17-19-34(44)20-18-32)21-8-12-33(29-39)30-48(38(51)45-35-14-3-1-4-15-35)25-9-13-31-11-7-16-36(27-31)50-26-10-24-47-22-5-2-6-23-47;33-32(34,35)29(41)38-31(20-24-13-15-26(36)16-14-24)17-5-8-25(21-31)22-39(30(42)37-27-10-2-1-3-11-27)18-6-9-23-7-4-12-28(40)19-23;26-25(27,28)23(33)31-24(15-19-8-10-21(29)11-9-19)12-2-5-20(16-24)17-30-13-3-6-18-4-1-7-22(32)14-18;10-6-2-4-8-3-1-5-9(11)7-8/h1,3-4,7,11,14-20,27,29H,2,5-6,8-10,12-13,21-26,28,30H2,(H,45,51)(H,46,49);1-4,7,10-16,19,21,40H,5-6,8-9,17-18,20,22H2,(H,37,42)(H,38,41);1,4,7-11,14,16,30,32H,2-3,5-6,12-13,15,17H2,(H,31,33);1,3,5,7,11H,2,4,6,10H2. The van der Waals surface area contributed by atoms with Crippen LogP contribution >= 0.6 is 129 Å². The number of aromatic hydroxyl groups is 3. The first-order valence-corrected chi connectivity index (χ1v) is 50.7. The van der Waals surface area contributed by atoms with Gasteiger partial charge in [0.05, 0.1) is 23.2 Å². The zero-order valence-electron chi connectivity index (χ0n) is 76.7. The molecule has 3 aliphatic carbocycles. The average Bonchev–Trinajstić information content (AvgIpc) is 0.802. The molecule has 0 bridgehead atoms. The summed E-state index contributed by atoms with van der Waals surface area (Å²) in [5.74, 6) is -1.29. The molecule has 0 saturated carbocycles. The molecule has 9 aromatic carbocycles. The maximum Gasteiger partial charge on any atom is 0.272 e. The Morgan fingerprint density at radius 3 is 1.15 bits per heavy atom. The van der Waals surface area contributed by atoms with E-state index in [-0.39, 0.29) is 29.0 Å². The van der Waals surface area contributed by atoms with Crippen LogP contribution in [0.1, 0.15) is 148 Å². The molecule has 0 spiro atoms. The second-order valence-electron chi connectivity index (χ2n) is 35.3. The van der Waals surface area contributed by atoms with Gasteiger partial charge in [0.1, 0.15) is 40.4 Å². The minimum Gasteiger partial charge on any atom is -0.508 e. The van der Waals surface area contributed by atoms with Gasteiger partial charge in [-0.1, -0.05) is 267 Å². The minimum absolute atomic E-state index is 0.243. The predicted molar refractivity (Wildman–Crippen MR) is 564 cm³/mol. The highest BCUT2D eigenvalue weighted by Gasteiger charge is 2.43. The molecule has 0 radical (unpaired) electrons. The summed E-state index contributed by atoms with van der Waals surface area (Å²) in [5.41, 5.74) is 15.3. The van der Waals surface area contributed by atoms with Crippen molar-refractivity contribution in [3.8, 4) is 23.0 Å². The van der Waals surface area contributed by atoms with E-state index in [1.54, 1.807) is 72.8 Å². The maximum atomic E-state index is 13.8. The molecule has 4 aliphatic rings. The van der Waals surface area contributed by atoms with Crippen molar-refractivity contribution >= 4 is 168 Å². The molecule has 1 fully saturated rings. The molecule has 13 rings (SSSR count). The van der Waals surface area contributed by atoms with Crippen molar-refractivity contribution < 1.29 is 47.6 Å². The summed E-state index contributed by atoms with van der Waals surface area (Å²) in [6, 6.07) is 68.6. The molecule has 1 heterocycles. The molecular formula is C106H122Cl9F3N10O7S2. The van der Waals surface area contributed by atoms with Crippen LogP contribution < -0.4 is 42.4 Å². The number of carbonyl (C=O) groups is 3. The van der Waals surface area contributed by atoms with Gasteiger partial charge < -0.3 is 72.4 Å². The normalized spacial score (nSPS) is 17.2. The Labute approximate surface area is 860 Å². The quantitative estimate of drug-likeness (QED) is 0.00756. The van der Waals surface area contributed by atoms with Crippen LogP contribution in [0.25, 0.3) is 0 Å². The molecule has 1 saturated heterocycles. The first-order chi connectivity index (χ1) is 65.6. The topological polar surface area (TPSA) is 229 Å². The van der Waals surface area contributed by atoms with Crippen LogP contribution in [0.2, 0.25) is 0 Å². The number of alkyl halides is 9. The van der Waals surface area contributed by atoms with E-state index in [0.29, 0.717) is 100 Å². The third-order valence-electron chi connectivity index (χ3n) is 24.0. The van der Waals surface area contributed by atoms with Gasteiger partial charge in [0.15, 0.2) is 10.2 Å². The van der Waals surface area contributed by atoms with Crippen LogP contribution in [0.15, 0.2) is 265 Å². The summed E-state index contributed by atoms with van der Waals surface area (Å²) >= 11 is 65.2. The van der Waals surface area contributed by atoms with Gasteiger partial charge in [0.2, 0.25) is 0 Å². The van der Waals surface area contributed by atoms with Gasteiger partial charge in [-0.05, 0) is 346 Å². The summed E-state index contributed by atoms with van der Waals surface area (Å²) in [4.78, 5) is 45.2. The number of piperidine rings is 1. The van der Waals surface area contributed by atoms with E-state index in [9.17, 15) is 37.8 Å². The number of carbonyl (C=O) groups excluding carboxylic acids is 3. The molecule has 9 aromatic rings. The Balaban J connectivity index is 0.000000204. The number of amides is 3. The Morgan fingerprint density at radius 1 is 0.416 bits per heavy atom. The molecule has 3 amide bonds. The van der Waals surface area contributed by atoms with Gasteiger partial charge in [0, 0.05) is 50.6 Å². The summed E-state index contributed by atoms with van der Waals surface area (Å²) in [7, 11) is 0. The number of aryl methyl sites for hydroxylation is 4. The van der Waals surface area contributed by atoms with E-state index in [2.05, 4.69) is 83.0 Å².